The van der Waals surface area contributed by atoms with E-state index < -0.39 is 0 Å². The molecule has 0 spiro atoms. The van der Waals surface area contributed by atoms with Crippen molar-refractivity contribution in [1.82, 2.24) is 20.6 Å². The maximum Gasteiger partial charge on any atom is 0.237 e. The summed E-state index contributed by atoms with van der Waals surface area (Å²) in [5.74, 6) is -0.00593. The SMILES string of the molecule is O=C(NCc1ccc(Cl)cc1)[C@@H]1Cc2nc[nH]c2CN1. The Kier molecular flexibility index (Phi) is 3.71. The zero-order valence-electron chi connectivity index (χ0n) is 10.8. The molecule has 1 aromatic carbocycles. The van der Waals surface area contributed by atoms with Gasteiger partial charge in [-0.1, -0.05) is 23.7 Å². The molecule has 3 rings (SSSR count). The van der Waals surface area contributed by atoms with E-state index in [0.29, 0.717) is 24.5 Å². The highest BCUT2D eigenvalue weighted by atomic mass is 35.5. The van der Waals surface area contributed by atoms with Gasteiger partial charge in [0.05, 0.1) is 23.8 Å². The Morgan fingerprint density at radius 2 is 2.20 bits per heavy atom. The molecule has 20 heavy (non-hydrogen) atoms. The van der Waals surface area contributed by atoms with Gasteiger partial charge in [0.2, 0.25) is 5.91 Å². The monoisotopic (exact) mass is 290 g/mol. The minimum atomic E-state index is -0.224. The van der Waals surface area contributed by atoms with E-state index in [9.17, 15) is 4.79 Å². The second kappa shape index (κ2) is 5.64. The van der Waals surface area contributed by atoms with E-state index in [1.54, 1.807) is 6.33 Å². The molecule has 2 heterocycles. The molecule has 104 valence electrons. The first-order chi connectivity index (χ1) is 9.72. The van der Waals surface area contributed by atoms with Crippen molar-refractivity contribution in [2.75, 3.05) is 0 Å². The predicted molar refractivity (Wildman–Crippen MR) is 76.2 cm³/mol. The van der Waals surface area contributed by atoms with E-state index in [1.807, 2.05) is 24.3 Å². The van der Waals surface area contributed by atoms with E-state index in [4.69, 9.17) is 11.6 Å². The van der Waals surface area contributed by atoms with Gasteiger partial charge in [0.25, 0.3) is 0 Å². The molecule has 6 heteroatoms. The number of carbonyl (C=O) groups excluding carboxylic acids is 1. The molecular weight excluding hydrogens is 276 g/mol. The van der Waals surface area contributed by atoms with Crippen molar-refractivity contribution in [2.45, 2.75) is 25.6 Å². The molecule has 0 bridgehead atoms. The highest BCUT2D eigenvalue weighted by Crippen LogP contribution is 2.13. The zero-order chi connectivity index (χ0) is 13.9. The van der Waals surface area contributed by atoms with E-state index in [2.05, 4.69) is 20.6 Å². The number of rotatable bonds is 3. The van der Waals surface area contributed by atoms with E-state index in [-0.39, 0.29) is 11.9 Å². The normalized spacial score (nSPS) is 17.6. The average Bonchev–Trinajstić information content (AvgIpc) is 2.93. The van der Waals surface area contributed by atoms with E-state index in [1.165, 1.54) is 0 Å². The molecule has 1 amide bonds. The number of imidazole rings is 1. The Morgan fingerprint density at radius 3 is 3.00 bits per heavy atom. The number of amides is 1. The first-order valence-electron chi connectivity index (χ1n) is 6.49. The van der Waals surface area contributed by atoms with Crippen LogP contribution >= 0.6 is 11.6 Å². The van der Waals surface area contributed by atoms with Crippen LogP contribution in [0, 0.1) is 0 Å². The summed E-state index contributed by atoms with van der Waals surface area (Å²) in [5, 5.41) is 6.83. The quantitative estimate of drug-likeness (QED) is 0.800. The minimum Gasteiger partial charge on any atom is -0.351 e. The summed E-state index contributed by atoms with van der Waals surface area (Å²) in [6, 6.07) is 7.22. The van der Waals surface area contributed by atoms with Gasteiger partial charge < -0.3 is 10.3 Å². The number of H-pyrrole nitrogens is 1. The maximum absolute atomic E-state index is 12.1. The van der Waals surface area contributed by atoms with Gasteiger partial charge in [-0.05, 0) is 17.7 Å². The second-order valence-corrected chi connectivity index (χ2v) is 5.25. The third-order valence-corrected chi connectivity index (χ3v) is 3.68. The van der Waals surface area contributed by atoms with E-state index in [0.717, 1.165) is 17.0 Å². The standard InChI is InChI=1S/C14H15ClN4O/c15-10-3-1-9(2-4-10)6-17-14(20)12-5-11-13(7-16-12)19-8-18-11/h1-4,8,12,16H,5-7H2,(H,17,20)(H,18,19)/t12-/m0/s1. The van der Waals surface area contributed by atoms with Crippen LogP contribution in [0.15, 0.2) is 30.6 Å². The molecular formula is C14H15ClN4O. The number of carbonyl (C=O) groups is 1. The topological polar surface area (TPSA) is 69.8 Å². The summed E-state index contributed by atoms with van der Waals surface area (Å²) in [7, 11) is 0. The number of nitrogens with zero attached hydrogens (tertiary/aromatic N) is 1. The van der Waals surface area contributed by atoms with Crippen LogP contribution in [-0.4, -0.2) is 21.9 Å². The highest BCUT2D eigenvalue weighted by Gasteiger charge is 2.25. The van der Waals surface area contributed by atoms with Crippen LogP contribution in [0.2, 0.25) is 5.02 Å². The van der Waals surface area contributed by atoms with Crippen molar-refractivity contribution in [3.05, 3.63) is 52.6 Å². The van der Waals surface area contributed by atoms with Gasteiger partial charge in [-0.25, -0.2) is 4.98 Å². The smallest absolute Gasteiger partial charge is 0.237 e. The van der Waals surface area contributed by atoms with Crippen molar-refractivity contribution in [3.8, 4) is 0 Å². The fourth-order valence-electron chi connectivity index (χ4n) is 2.27. The summed E-state index contributed by atoms with van der Waals surface area (Å²) in [4.78, 5) is 19.4. The Hall–Kier alpha value is -1.85. The summed E-state index contributed by atoms with van der Waals surface area (Å²) >= 11 is 5.83. The average molecular weight is 291 g/mol. The molecule has 0 unspecified atom stereocenters. The maximum atomic E-state index is 12.1. The third-order valence-electron chi connectivity index (χ3n) is 3.43. The molecule has 0 saturated heterocycles. The van der Waals surface area contributed by atoms with Crippen LogP contribution in [0.3, 0.4) is 0 Å². The molecule has 5 nitrogen and oxygen atoms in total. The molecule has 1 aliphatic rings. The first kappa shape index (κ1) is 13.1. The summed E-state index contributed by atoms with van der Waals surface area (Å²) in [6.45, 7) is 1.15. The van der Waals surface area contributed by atoms with Crippen LogP contribution < -0.4 is 10.6 Å². The molecule has 0 saturated carbocycles. The van der Waals surface area contributed by atoms with Gasteiger partial charge in [0, 0.05) is 24.5 Å². The summed E-state index contributed by atoms with van der Waals surface area (Å²) in [5.41, 5.74) is 3.06. The number of benzene rings is 1. The Balaban J connectivity index is 1.56. The van der Waals surface area contributed by atoms with Crippen molar-refractivity contribution in [2.24, 2.45) is 0 Å². The van der Waals surface area contributed by atoms with Crippen LogP contribution in [0.25, 0.3) is 0 Å². The van der Waals surface area contributed by atoms with Crippen molar-refractivity contribution < 1.29 is 4.79 Å². The van der Waals surface area contributed by atoms with E-state index >= 15 is 0 Å². The van der Waals surface area contributed by atoms with Crippen LogP contribution in [0.5, 0.6) is 0 Å². The number of aromatic amines is 1. The molecule has 2 aromatic rings. The van der Waals surface area contributed by atoms with Crippen molar-refractivity contribution in [1.29, 1.82) is 0 Å². The fraction of sp³-hybridized carbons (Fsp3) is 0.286. The van der Waals surface area contributed by atoms with Crippen LogP contribution in [0.4, 0.5) is 0 Å². The predicted octanol–water partition coefficient (Wildman–Crippen LogP) is 1.39. The molecule has 0 fully saturated rings. The van der Waals surface area contributed by atoms with Gasteiger partial charge in [-0.2, -0.15) is 0 Å². The largest absolute Gasteiger partial charge is 0.351 e. The number of hydrogen-bond donors (Lipinski definition) is 3. The lowest BCUT2D eigenvalue weighted by atomic mass is 10.0. The van der Waals surface area contributed by atoms with Gasteiger partial charge in [-0.3, -0.25) is 10.1 Å². The zero-order valence-corrected chi connectivity index (χ0v) is 11.6. The molecule has 0 aliphatic carbocycles. The van der Waals surface area contributed by atoms with Gasteiger partial charge in [0.15, 0.2) is 0 Å². The van der Waals surface area contributed by atoms with Gasteiger partial charge >= 0.3 is 0 Å². The van der Waals surface area contributed by atoms with Crippen molar-refractivity contribution >= 4 is 17.5 Å². The van der Waals surface area contributed by atoms with Crippen LogP contribution in [-0.2, 0) is 24.3 Å². The molecule has 0 radical (unpaired) electrons. The van der Waals surface area contributed by atoms with Gasteiger partial charge in [-0.15, -0.1) is 0 Å². The third kappa shape index (κ3) is 2.84. The number of nitrogens with one attached hydrogen (secondary N) is 3. The summed E-state index contributed by atoms with van der Waals surface area (Å²) < 4.78 is 0. The number of halogens is 1. The minimum absolute atomic E-state index is 0.00593. The molecule has 3 N–H and O–H groups in total. The molecule has 1 aromatic heterocycles. The lowest BCUT2D eigenvalue weighted by Gasteiger charge is -2.22. The fourth-order valence-corrected chi connectivity index (χ4v) is 2.40. The highest BCUT2D eigenvalue weighted by molar-refractivity contribution is 6.30. The molecule has 1 atom stereocenters. The number of aromatic nitrogens is 2. The number of hydrogen-bond acceptors (Lipinski definition) is 3. The molecule has 1 aliphatic heterocycles. The second-order valence-electron chi connectivity index (χ2n) is 4.81. The van der Waals surface area contributed by atoms with Gasteiger partial charge in [0.1, 0.15) is 0 Å². The summed E-state index contributed by atoms with van der Waals surface area (Å²) in [6.07, 6.45) is 2.28. The Bertz CT molecular complexity index is 608. The lowest BCUT2D eigenvalue weighted by Crippen LogP contribution is -2.47. The lowest BCUT2D eigenvalue weighted by molar-refractivity contribution is -0.123. The first-order valence-corrected chi connectivity index (χ1v) is 6.87. The Morgan fingerprint density at radius 1 is 1.40 bits per heavy atom. The number of fused-ring (bicyclic) bond motifs is 1. The van der Waals surface area contributed by atoms with Crippen LogP contribution in [0.1, 0.15) is 17.0 Å². The Labute approximate surface area is 121 Å². The van der Waals surface area contributed by atoms with Crippen molar-refractivity contribution in [3.63, 3.8) is 0 Å².